The van der Waals surface area contributed by atoms with Crippen LogP contribution in [0.5, 0.6) is 0 Å². The smallest absolute Gasteiger partial charge is 0.0619 e. The number of benzene rings is 11. The third kappa shape index (κ3) is 4.07. The topological polar surface area (TPSA) is 0 Å². The van der Waals surface area contributed by atoms with Crippen LogP contribution >= 0.6 is 0 Å². The summed E-state index contributed by atoms with van der Waals surface area (Å²) in [5.41, 5.74) is 15.2. The second-order valence-electron chi connectivity index (χ2n) is 15.9. The Hall–Kier alpha value is -7.28. The van der Waals surface area contributed by atoms with Crippen molar-refractivity contribution < 1.29 is 0 Å². The van der Waals surface area contributed by atoms with Gasteiger partial charge in [0.2, 0.25) is 0 Å². The lowest BCUT2D eigenvalue weighted by atomic mass is 9.60. The number of rotatable bonds is 2. The minimum absolute atomic E-state index is 0.511. The Kier molecular flexibility index (Phi) is 6.19. The molecule has 0 saturated heterocycles. The Morgan fingerprint density at radius 3 is 1.60 bits per heavy atom. The zero-order chi connectivity index (χ0) is 37.2. The molecular formula is C57H34. The van der Waals surface area contributed by atoms with E-state index in [1.54, 1.807) is 0 Å². The van der Waals surface area contributed by atoms with Gasteiger partial charge in [0.15, 0.2) is 0 Å². The highest BCUT2D eigenvalue weighted by Crippen LogP contribution is 2.63. The van der Waals surface area contributed by atoms with Crippen molar-refractivity contribution in [1.29, 1.82) is 0 Å². The third-order valence-electron chi connectivity index (χ3n) is 13.2. The van der Waals surface area contributed by atoms with Crippen LogP contribution in [-0.2, 0) is 5.41 Å². The van der Waals surface area contributed by atoms with Crippen molar-refractivity contribution in [3.8, 4) is 44.5 Å². The predicted octanol–water partition coefficient (Wildman–Crippen LogP) is 15.1. The molecule has 11 aromatic carbocycles. The number of fused-ring (bicyclic) bond motifs is 15. The Bertz CT molecular complexity index is 3480. The molecule has 57 heavy (non-hydrogen) atoms. The normalized spacial score (nSPS) is 13.4. The van der Waals surface area contributed by atoms with E-state index in [-0.39, 0.29) is 0 Å². The molecule has 0 heterocycles. The monoisotopic (exact) mass is 718 g/mol. The maximum absolute atomic E-state index is 2.43. The SMILES string of the molecule is c1ccc2c(c1)-c1ccccc1C21c2c(ccc3cc(-c4ccc5ccccc5c4)ccc23)-c2ccc(-c3cc4ccccc4c4ccccc34)c3cccc1c23. The molecule has 0 aromatic heterocycles. The molecule has 0 heteroatoms. The van der Waals surface area contributed by atoms with Crippen molar-refractivity contribution >= 4 is 53.9 Å². The molecule has 0 N–H and O–H groups in total. The van der Waals surface area contributed by atoms with Crippen molar-refractivity contribution in [2.24, 2.45) is 0 Å². The lowest BCUT2D eigenvalue weighted by Gasteiger charge is -2.41. The summed E-state index contributed by atoms with van der Waals surface area (Å²) in [6.07, 6.45) is 0. The van der Waals surface area contributed by atoms with Gasteiger partial charge in [-0.05, 0) is 139 Å². The zero-order valence-electron chi connectivity index (χ0n) is 31.1. The fourth-order valence-electron chi connectivity index (χ4n) is 10.9. The van der Waals surface area contributed by atoms with Gasteiger partial charge in [0, 0.05) is 0 Å². The van der Waals surface area contributed by atoms with Crippen molar-refractivity contribution in [2.75, 3.05) is 0 Å². The van der Waals surface area contributed by atoms with Crippen LogP contribution in [0.15, 0.2) is 206 Å². The van der Waals surface area contributed by atoms with E-state index >= 15 is 0 Å². The molecule has 0 atom stereocenters. The van der Waals surface area contributed by atoms with Gasteiger partial charge in [-0.25, -0.2) is 0 Å². The van der Waals surface area contributed by atoms with E-state index < -0.39 is 5.41 Å². The number of hydrogen-bond acceptors (Lipinski definition) is 0. The first-order valence-corrected chi connectivity index (χ1v) is 20.0. The highest BCUT2D eigenvalue weighted by Gasteiger charge is 2.50. The molecule has 0 unspecified atom stereocenters. The van der Waals surface area contributed by atoms with Gasteiger partial charge in [-0.1, -0.05) is 188 Å². The summed E-state index contributed by atoms with van der Waals surface area (Å²) in [4.78, 5) is 0. The van der Waals surface area contributed by atoms with Crippen LogP contribution in [-0.4, -0.2) is 0 Å². The average Bonchev–Trinajstić information content (AvgIpc) is 3.57. The fourth-order valence-corrected chi connectivity index (χ4v) is 10.9. The van der Waals surface area contributed by atoms with Crippen LogP contribution < -0.4 is 0 Å². The molecule has 0 radical (unpaired) electrons. The van der Waals surface area contributed by atoms with Crippen LogP contribution in [0, 0.1) is 0 Å². The van der Waals surface area contributed by atoms with E-state index in [1.807, 2.05) is 0 Å². The van der Waals surface area contributed by atoms with Crippen molar-refractivity contribution in [1.82, 2.24) is 0 Å². The van der Waals surface area contributed by atoms with Crippen LogP contribution in [0.2, 0.25) is 0 Å². The largest absolute Gasteiger partial charge is 0.0731 e. The predicted molar refractivity (Wildman–Crippen MR) is 241 cm³/mol. The van der Waals surface area contributed by atoms with Gasteiger partial charge in [-0.15, -0.1) is 0 Å². The second-order valence-corrected chi connectivity index (χ2v) is 15.9. The third-order valence-corrected chi connectivity index (χ3v) is 13.2. The highest BCUT2D eigenvalue weighted by molar-refractivity contribution is 6.19. The fraction of sp³-hybridized carbons (Fsp3) is 0.0175. The van der Waals surface area contributed by atoms with Gasteiger partial charge < -0.3 is 0 Å². The molecule has 0 amide bonds. The summed E-state index contributed by atoms with van der Waals surface area (Å²) in [6.45, 7) is 0. The Morgan fingerprint density at radius 1 is 0.246 bits per heavy atom. The minimum Gasteiger partial charge on any atom is -0.0619 e. The van der Waals surface area contributed by atoms with E-state index in [9.17, 15) is 0 Å². The molecule has 2 aliphatic rings. The standard InChI is InChI=1S/C57H34/c1-2-13-36-32-37(25-24-35(36)12-1)38-26-28-42-40(33-38)27-29-50-49-31-30-45(51-34-39-14-3-4-15-41(39)43-16-5-6-17-44(43)51)48-20-11-23-54(55(48)49)57(56(42)50)52-21-9-7-18-46(52)47-19-8-10-22-53(47)57/h1-34H. The van der Waals surface area contributed by atoms with Crippen LogP contribution in [0.25, 0.3) is 98.4 Å². The van der Waals surface area contributed by atoms with Crippen LogP contribution in [0.1, 0.15) is 22.3 Å². The molecule has 0 saturated carbocycles. The Balaban J connectivity index is 1.15. The first-order valence-electron chi connectivity index (χ1n) is 20.0. The van der Waals surface area contributed by atoms with Gasteiger partial charge >= 0.3 is 0 Å². The first-order chi connectivity index (χ1) is 28.3. The van der Waals surface area contributed by atoms with E-state index in [2.05, 4.69) is 206 Å². The molecule has 13 rings (SSSR count). The minimum atomic E-state index is -0.511. The maximum Gasteiger partial charge on any atom is 0.0731 e. The van der Waals surface area contributed by atoms with E-state index in [0.717, 1.165) is 0 Å². The summed E-state index contributed by atoms with van der Waals surface area (Å²) in [5, 5.41) is 12.9. The molecule has 262 valence electrons. The number of hydrogen-bond donors (Lipinski definition) is 0. The first kappa shape index (κ1) is 31.0. The Labute approximate surface area is 330 Å². The summed E-state index contributed by atoms with van der Waals surface area (Å²) < 4.78 is 0. The van der Waals surface area contributed by atoms with E-state index in [1.165, 1.54) is 121 Å². The molecule has 2 aliphatic carbocycles. The van der Waals surface area contributed by atoms with Gasteiger partial charge in [0.1, 0.15) is 0 Å². The van der Waals surface area contributed by atoms with Gasteiger partial charge in [0.25, 0.3) is 0 Å². The maximum atomic E-state index is 2.43. The Morgan fingerprint density at radius 2 is 0.789 bits per heavy atom. The summed E-state index contributed by atoms with van der Waals surface area (Å²) in [5.74, 6) is 0. The van der Waals surface area contributed by atoms with Gasteiger partial charge in [0.05, 0.1) is 5.41 Å². The highest BCUT2D eigenvalue weighted by atomic mass is 14.5. The second kappa shape index (κ2) is 11.4. The summed E-state index contributed by atoms with van der Waals surface area (Å²) >= 11 is 0. The van der Waals surface area contributed by atoms with Crippen molar-refractivity contribution in [2.45, 2.75) is 5.41 Å². The van der Waals surface area contributed by atoms with Crippen LogP contribution in [0.3, 0.4) is 0 Å². The van der Waals surface area contributed by atoms with Crippen LogP contribution in [0.4, 0.5) is 0 Å². The molecule has 0 nitrogen and oxygen atoms in total. The van der Waals surface area contributed by atoms with Crippen molar-refractivity contribution in [3.05, 3.63) is 229 Å². The molecular weight excluding hydrogens is 685 g/mol. The van der Waals surface area contributed by atoms with Gasteiger partial charge in [-0.3, -0.25) is 0 Å². The molecule has 0 fully saturated rings. The van der Waals surface area contributed by atoms with Crippen molar-refractivity contribution in [3.63, 3.8) is 0 Å². The van der Waals surface area contributed by atoms with Gasteiger partial charge in [-0.2, -0.15) is 0 Å². The average molecular weight is 719 g/mol. The molecule has 0 bridgehead atoms. The molecule has 0 aliphatic heterocycles. The van der Waals surface area contributed by atoms with E-state index in [4.69, 9.17) is 0 Å². The lowest BCUT2D eigenvalue weighted by Crippen LogP contribution is -2.32. The molecule has 1 spiro atoms. The summed E-state index contributed by atoms with van der Waals surface area (Å²) in [7, 11) is 0. The molecule has 11 aromatic rings. The lowest BCUT2D eigenvalue weighted by molar-refractivity contribution is 0.781. The zero-order valence-corrected chi connectivity index (χ0v) is 31.1. The summed E-state index contributed by atoms with van der Waals surface area (Å²) in [6, 6.07) is 77.8. The quantitative estimate of drug-likeness (QED) is 0.156. The van der Waals surface area contributed by atoms with E-state index in [0.29, 0.717) is 0 Å².